The molecule has 0 spiro atoms. The highest BCUT2D eigenvalue weighted by atomic mass is 35.5. The van der Waals surface area contributed by atoms with Crippen LogP contribution in [-0.4, -0.2) is 34.8 Å². The number of ether oxygens (including phenoxy) is 4. The van der Waals surface area contributed by atoms with Gasteiger partial charge in [0.15, 0.2) is 32.8 Å². The van der Waals surface area contributed by atoms with Crippen molar-refractivity contribution in [3.8, 4) is 23.0 Å². The molecular formula is C19H19ClO6S. The van der Waals surface area contributed by atoms with Gasteiger partial charge < -0.3 is 18.9 Å². The average molecular weight is 411 g/mol. The molecule has 0 saturated carbocycles. The Morgan fingerprint density at radius 1 is 0.852 bits per heavy atom. The summed E-state index contributed by atoms with van der Waals surface area (Å²) in [6.45, 7) is 1.89. The highest BCUT2D eigenvalue weighted by molar-refractivity contribution is 7.89. The Labute approximate surface area is 162 Å². The summed E-state index contributed by atoms with van der Waals surface area (Å²) in [6.07, 6.45) is 0.750. The van der Waals surface area contributed by atoms with Crippen LogP contribution in [-0.2, 0) is 21.3 Å². The lowest BCUT2D eigenvalue weighted by Crippen LogP contribution is -2.17. The zero-order valence-electron chi connectivity index (χ0n) is 14.6. The number of para-hydroxylation sites is 1. The molecule has 0 radical (unpaired) electrons. The summed E-state index contributed by atoms with van der Waals surface area (Å²) in [7, 11) is -3.46. The lowest BCUT2D eigenvalue weighted by molar-refractivity contribution is 0.170. The minimum absolute atomic E-state index is 0.147. The van der Waals surface area contributed by atoms with E-state index in [0.717, 1.165) is 6.42 Å². The highest BCUT2D eigenvalue weighted by Crippen LogP contribution is 2.39. The van der Waals surface area contributed by atoms with Crippen LogP contribution in [0.4, 0.5) is 0 Å². The van der Waals surface area contributed by atoms with E-state index in [1.54, 1.807) is 30.3 Å². The second kappa shape index (κ2) is 7.48. The van der Waals surface area contributed by atoms with Gasteiger partial charge in [0.05, 0.1) is 29.7 Å². The Morgan fingerprint density at radius 2 is 1.59 bits per heavy atom. The molecule has 0 aliphatic carbocycles. The molecule has 2 heterocycles. The normalized spacial score (nSPS) is 15.9. The van der Waals surface area contributed by atoms with Crippen molar-refractivity contribution >= 4 is 21.4 Å². The molecule has 4 rings (SSSR count). The van der Waals surface area contributed by atoms with Crippen LogP contribution in [0.1, 0.15) is 17.5 Å². The summed E-state index contributed by atoms with van der Waals surface area (Å²) < 4.78 is 47.9. The Kier molecular flexibility index (Phi) is 5.06. The van der Waals surface area contributed by atoms with E-state index in [1.165, 1.54) is 0 Å². The average Bonchev–Trinajstić information content (AvgIpc) is 2.87. The molecule has 0 atom stereocenters. The first kappa shape index (κ1) is 18.3. The van der Waals surface area contributed by atoms with Gasteiger partial charge in [-0.3, -0.25) is 0 Å². The van der Waals surface area contributed by atoms with Crippen LogP contribution in [0.5, 0.6) is 23.0 Å². The van der Waals surface area contributed by atoms with E-state index in [0.29, 0.717) is 65.6 Å². The van der Waals surface area contributed by atoms with Gasteiger partial charge in [-0.15, -0.1) is 0 Å². The minimum Gasteiger partial charge on any atom is -0.489 e. The third-order valence-corrected chi connectivity index (χ3v) is 6.08. The third-order valence-electron chi connectivity index (χ3n) is 4.27. The summed E-state index contributed by atoms with van der Waals surface area (Å²) in [4.78, 5) is 0. The van der Waals surface area contributed by atoms with E-state index in [-0.39, 0.29) is 11.5 Å². The second-order valence-corrected chi connectivity index (χ2v) is 8.90. The molecule has 0 fully saturated rings. The Balaban J connectivity index is 1.58. The van der Waals surface area contributed by atoms with Gasteiger partial charge in [-0.2, -0.15) is 0 Å². The van der Waals surface area contributed by atoms with Crippen LogP contribution in [0.2, 0.25) is 5.02 Å². The van der Waals surface area contributed by atoms with Crippen molar-refractivity contribution in [1.82, 2.24) is 0 Å². The van der Waals surface area contributed by atoms with Gasteiger partial charge >= 0.3 is 0 Å². The van der Waals surface area contributed by atoms with Gasteiger partial charge in [0.25, 0.3) is 0 Å². The Morgan fingerprint density at radius 3 is 2.48 bits per heavy atom. The summed E-state index contributed by atoms with van der Waals surface area (Å²) in [5.74, 6) is 1.73. The molecule has 0 aromatic heterocycles. The molecule has 0 bridgehead atoms. The standard InChI is InChI=1S/C19H19ClO6S/c20-15-9-13(10-17-19(15)25-6-2-5-23-17)11-27(21,22)12-14-3-1-4-16-18(14)26-8-7-24-16/h1,3-4,9-10H,2,5-8,11-12H2. The lowest BCUT2D eigenvalue weighted by atomic mass is 10.2. The summed E-state index contributed by atoms with van der Waals surface area (Å²) in [5.41, 5.74) is 1.15. The lowest BCUT2D eigenvalue weighted by Gasteiger charge is -2.21. The fourth-order valence-corrected chi connectivity index (χ4v) is 4.92. The van der Waals surface area contributed by atoms with E-state index < -0.39 is 9.84 Å². The predicted octanol–water partition coefficient (Wildman–Crippen LogP) is 3.39. The quantitative estimate of drug-likeness (QED) is 0.769. The van der Waals surface area contributed by atoms with Gasteiger partial charge in [0.2, 0.25) is 0 Å². The third kappa shape index (κ3) is 4.09. The molecular weight excluding hydrogens is 392 g/mol. The van der Waals surface area contributed by atoms with E-state index in [1.807, 2.05) is 0 Å². The number of sulfone groups is 1. The topological polar surface area (TPSA) is 71.1 Å². The molecule has 0 N–H and O–H groups in total. The van der Waals surface area contributed by atoms with Gasteiger partial charge in [-0.05, 0) is 23.8 Å². The van der Waals surface area contributed by atoms with Gasteiger partial charge in [-0.25, -0.2) is 8.42 Å². The molecule has 2 aliphatic rings. The molecule has 2 aromatic rings. The maximum absolute atomic E-state index is 12.8. The first-order valence-electron chi connectivity index (χ1n) is 8.68. The molecule has 0 saturated heterocycles. The molecule has 0 amide bonds. The zero-order valence-corrected chi connectivity index (χ0v) is 16.1. The molecule has 144 valence electrons. The molecule has 8 heteroatoms. The fraction of sp³-hybridized carbons (Fsp3) is 0.368. The first-order valence-corrected chi connectivity index (χ1v) is 10.9. The van der Waals surface area contributed by atoms with Gasteiger partial charge in [-0.1, -0.05) is 23.7 Å². The van der Waals surface area contributed by atoms with E-state index in [4.69, 9.17) is 30.5 Å². The maximum Gasteiger partial charge on any atom is 0.179 e. The summed E-state index contributed by atoms with van der Waals surface area (Å²) in [6, 6.07) is 8.58. The Bertz CT molecular complexity index is 957. The van der Waals surface area contributed by atoms with E-state index >= 15 is 0 Å². The molecule has 2 aliphatic heterocycles. The van der Waals surface area contributed by atoms with Crippen LogP contribution in [0, 0.1) is 0 Å². The largest absolute Gasteiger partial charge is 0.489 e. The number of hydrogen-bond donors (Lipinski definition) is 0. The molecule has 0 unspecified atom stereocenters. The number of rotatable bonds is 4. The molecule has 2 aromatic carbocycles. The van der Waals surface area contributed by atoms with Crippen LogP contribution in [0.3, 0.4) is 0 Å². The smallest absolute Gasteiger partial charge is 0.179 e. The maximum atomic E-state index is 12.8. The zero-order chi connectivity index (χ0) is 18.9. The van der Waals surface area contributed by atoms with Crippen molar-refractivity contribution in [1.29, 1.82) is 0 Å². The van der Waals surface area contributed by atoms with Crippen molar-refractivity contribution in [3.05, 3.63) is 46.5 Å². The SMILES string of the molecule is O=S(=O)(Cc1cc(Cl)c2c(c1)OCCCO2)Cc1cccc2c1OCCO2. The molecule has 6 nitrogen and oxygen atoms in total. The first-order chi connectivity index (χ1) is 13.0. The minimum atomic E-state index is -3.46. The van der Waals surface area contributed by atoms with Gasteiger partial charge in [0.1, 0.15) is 13.2 Å². The van der Waals surface area contributed by atoms with E-state index in [9.17, 15) is 8.42 Å². The van der Waals surface area contributed by atoms with Crippen molar-refractivity contribution < 1.29 is 27.4 Å². The van der Waals surface area contributed by atoms with Crippen LogP contribution in [0.25, 0.3) is 0 Å². The van der Waals surface area contributed by atoms with Crippen molar-refractivity contribution in [2.45, 2.75) is 17.9 Å². The van der Waals surface area contributed by atoms with Crippen molar-refractivity contribution in [2.75, 3.05) is 26.4 Å². The predicted molar refractivity (Wildman–Crippen MR) is 101 cm³/mol. The number of fused-ring (bicyclic) bond motifs is 2. The number of hydrogen-bond acceptors (Lipinski definition) is 6. The summed E-state index contributed by atoms with van der Waals surface area (Å²) in [5, 5.41) is 0.355. The second-order valence-electron chi connectivity index (χ2n) is 6.43. The van der Waals surface area contributed by atoms with Gasteiger partial charge in [0, 0.05) is 12.0 Å². The highest BCUT2D eigenvalue weighted by Gasteiger charge is 2.23. The van der Waals surface area contributed by atoms with Crippen molar-refractivity contribution in [3.63, 3.8) is 0 Å². The van der Waals surface area contributed by atoms with E-state index in [2.05, 4.69) is 0 Å². The fourth-order valence-electron chi connectivity index (χ4n) is 3.16. The molecule has 27 heavy (non-hydrogen) atoms. The number of benzene rings is 2. The Hall–Kier alpha value is -2.12. The van der Waals surface area contributed by atoms with Crippen LogP contribution < -0.4 is 18.9 Å². The van der Waals surface area contributed by atoms with Crippen LogP contribution >= 0.6 is 11.6 Å². The van der Waals surface area contributed by atoms with Crippen molar-refractivity contribution in [2.24, 2.45) is 0 Å². The monoisotopic (exact) mass is 410 g/mol. The summed E-state index contributed by atoms with van der Waals surface area (Å²) >= 11 is 6.27. The van der Waals surface area contributed by atoms with Crippen LogP contribution in [0.15, 0.2) is 30.3 Å². The number of halogens is 1.